The van der Waals surface area contributed by atoms with Gasteiger partial charge in [-0.25, -0.2) is 0 Å². The van der Waals surface area contributed by atoms with Gasteiger partial charge in [-0.2, -0.15) is 11.3 Å². The standard InChI is InChI=1S/C15H19N3OS/c1-18(10-12-7-9-20-11-12)8-6-15(19)17-14-4-2-13(16)3-5-14/h2-5,7,9,11H,6,8,10,16H2,1H3,(H,17,19). The predicted octanol–water partition coefficient (Wildman–Crippen LogP) is 2.79. The second kappa shape index (κ2) is 7.07. The number of carbonyl (C=O) groups is 1. The molecule has 0 saturated carbocycles. The van der Waals surface area contributed by atoms with Crippen LogP contribution in [0.2, 0.25) is 0 Å². The summed E-state index contributed by atoms with van der Waals surface area (Å²) in [5.74, 6) is 0.0203. The highest BCUT2D eigenvalue weighted by molar-refractivity contribution is 7.07. The summed E-state index contributed by atoms with van der Waals surface area (Å²) in [6.45, 7) is 1.61. The van der Waals surface area contributed by atoms with Gasteiger partial charge < -0.3 is 16.0 Å². The van der Waals surface area contributed by atoms with Gasteiger partial charge in [0.25, 0.3) is 0 Å². The Balaban J connectivity index is 1.73. The minimum Gasteiger partial charge on any atom is -0.399 e. The lowest BCUT2D eigenvalue weighted by atomic mass is 10.2. The molecule has 0 radical (unpaired) electrons. The van der Waals surface area contributed by atoms with E-state index in [1.165, 1.54) is 5.56 Å². The van der Waals surface area contributed by atoms with Gasteiger partial charge in [0.2, 0.25) is 5.91 Å². The molecule has 4 nitrogen and oxygen atoms in total. The van der Waals surface area contributed by atoms with Crippen molar-refractivity contribution >= 4 is 28.6 Å². The molecule has 0 aliphatic rings. The Bertz CT molecular complexity index is 537. The zero-order valence-corrected chi connectivity index (χ0v) is 12.3. The van der Waals surface area contributed by atoms with Gasteiger partial charge in [-0.05, 0) is 53.7 Å². The summed E-state index contributed by atoms with van der Waals surface area (Å²) in [7, 11) is 2.02. The lowest BCUT2D eigenvalue weighted by molar-refractivity contribution is -0.116. The highest BCUT2D eigenvalue weighted by atomic mass is 32.1. The van der Waals surface area contributed by atoms with E-state index in [0.717, 1.165) is 18.8 Å². The number of nitrogens with two attached hydrogens (primary N) is 1. The number of rotatable bonds is 6. The molecule has 0 saturated heterocycles. The number of nitrogen functional groups attached to an aromatic ring is 1. The van der Waals surface area contributed by atoms with Gasteiger partial charge in [0.15, 0.2) is 0 Å². The van der Waals surface area contributed by atoms with Crippen LogP contribution in [0, 0.1) is 0 Å². The SMILES string of the molecule is CN(CCC(=O)Nc1ccc(N)cc1)Cc1ccsc1. The zero-order valence-electron chi connectivity index (χ0n) is 11.5. The summed E-state index contributed by atoms with van der Waals surface area (Å²) in [6, 6.07) is 9.27. The number of carbonyl (C=O) groups excluding carboxylic acids is 1. The van der Waals surface area contributed by atoms with Gasteiger partial charge in [0.1, 0.15) is 0 Å². The van der Waals surface area contributed by atoms with E-state index in [-0.39, 0.29) is 5.91 Å². The van der Waals surface area contributed by atoms with Crippen LogP contribution in [0.25, 0.3) is 0 Å². The smallest absolute Gasteiger partial charge is 0.225 e. The minimum atomic E-state index is 0.0203. The van der Waals surface area contributed by atoms with E-state index in [2.05, 4.69) is 27.0 Å². The van der Waals surface area contributed by atoms with Crippen LogP contribution >= 0.6 is 11.3 Å². The highest BCUT2D eigenvalue weighted by Gasteiger charge is 2.06. The average molecular weight is 289 g/mol. The first-order chi connectivity index (χ1) is 9.63. The van der Waals surface area contributed by atoms with E-state index >= 15 is 0 Å². The van der Waals surface area contributed by atoms with Gasteiger partial charge in [0.05, 0.1) is 0 Å². The predicted molar refractivity (Wildman–Crippen MR) is 84.8 cm³/mol. The maximum absolute atomic E-state index is 11.8. The Morgan fingerprint density at radius 1 is 1.30 bits per heavy atom. The first kappa shape index (κ1) is 14.6. The third kappa shape index (κ3) is 4.68. The van der Waals surface area contributed by atoms with Crippen molar-refractivity contribution in [3.63, 3.8) is 0 Å². The van der Waals surface area contributed by atoms with E-state index < -0.39 is 0 Å². The molecular weight excluding hydrogens is 270 g/mol. The molecule has 20 heavy (non-hydrogen) atoms. The Labute approximate surface area is 123 Å². The summed E-state index contributed by atoms with van der Waals surface area (Å²) in [6.07, 6.45) is 0.477. The molecule has 0 aliphatic heterocycles. The van der Waals surface area contributed by atoms with Crippen LogP contribution in [0.15, 0.2) is 41.1 Å². The van der Waals surface area contributed by atoms with Crippen molar-refractivity contribution < 1.29 is 4.79 Å². The summed E-state index contributed by atoms with van der Waals surface area (Å²) in [4.78, 5) is 14.0. The number of nitrogens with zero attached hydrogens (tertiary/aromatic N) is 1. The maximum atomic E-state index is 11.8. The van der Waals surface area contributed by atoms with E-state index in [1.807, 2.05) is 19.2 Å². The molecule has 1 heterocycles. The van der Waals surface area contributed by atoms with Crippen molar-refractivity contribution in [3.8, 4) is 0 Å². The second-order valence-corrected chi connectivity index (χ2v) is 5.57. The number of hydrogen-bond acceptors (Lipinski definition) is 4. The summed E-state index contributed by atoms with van der Waals surface area (Å²) in [5, 5.41) is 7.06. The van der Waals surface area contributed by atoms with Crippen molar-refractivity contribution in [1.82, 2.24) is 4.90 Å². The third-order valence-corrected chi connectivity index (χ3v) is 3.68. The monoisotopic (exact) mass is 289 g/mol. The molecule has 1 aromatic heterocycles. The zero-order chi connectivity index (χ0) is 14.4. The van der Waals surface area contributed by atoms with Crippen LogP contribution in [0.3, 0.4) is 0 Å². The number of nitrogens with one attached hydrogen (secondary N) is 1. The molecule has 0 unspecified atom stereocenters. The Kier molecular flexibility index (Phi) is 5.15. The molecule has 2 aromatic rings. The topological polar surface area (TPSA) is 58.4 Å². The lowest BCUT2D eigenvalue weighted by Crippen LogP contribution is -2.23. The van der Waals surface area contributed by atoms with Gasteiger partial charge >= 0.3 is 0 Å². The van der Waals surface area contributed by atoms with Crippen LogP contribution in [0.1, 0.15) is 12.0 Å². The number of benzene rings is 1. The van der Waals surface area contributed by atoms with E-state index in [4.69, 9.17) is 5.73 Å². The normalized spacial score (nSPS) is 10.7. The Hall–Kier alpha value is -1.85. The average Bonchev–Trinajstić information content (AvgIpc) is 2.92. The third-order valence-electron chi connectivity index (χ3n) is 2.95. The molecular formula is C15H19N3OS. The quantitative estimate of drug-likeness (QED) is 0.804. The van der Waals surface area contributed by atoms with Crippen LogP contribution in [-0.4, -0.2) is 24.4 Å². The van der Waals surface area contributed by atoms with Crippen molar-refractivity contribution in [2.75, 3.05) is 24.6 Å². The van der Waals surface area contributed by atoms with Crippen LogP contribution < -0.4 is 11.1 Å². The summed E-state index contributed by atoms with van der Waals surface area (Å²) < 4.78 is 0. The second-order valence-electron chi connectivity index (χ2n) is 4.79. The van der Waals surface area contributed by atoms with Crippen LogP contribution in [-0.2, 0) is 11.3 Å². The summed E-state index contributed by atoms with van der Waals surface area (Å²) in [5.41, 5.74) is 8.37. The highest BCUT2D eigenvalue weighted by Crippen LogP contribution is 2.11. The first-order valence-electron chi connectivity index (χ1n) is 6.48. The van der Waals surface area contributed by atoms with Gasteiger partial charge in [-0.15, -0.1) is 0 Å². The van der Waals surface area contributed by atoms with Crippen molar-refractivity contribution in [1.29, 1.82) is 0 Å². The lowest BCUT2D eigenvalue weighted by Gasteiger charge is -2.15. The number of anilines is 2. The Morgan fingerprint density at radius 3 is 2.70 bits per heavy atom. The van der Waals surface area contributed by atoms with Crippen molar-refractivity contribution in [3.05, 3.63) is 46.7 Å². The van der Waals surface area contributed by atoms with Crippen LogP contribution in [0.4, 0.5) is 11.4 Å². The molecule has 1 aromatic carbocycles. The van der Waals surface area contributed by atoms with Gasteiger partial charge in [0, 0.05) is 30.9 Å². The van der Waals surface area contributed by atoms with Crippen molar-refractivity contribution in [2.45, 2.75) is 13.0 Å². The fourth-order valence-electron chi connectivity index (χ4n) is 1.86. The number of amides is 1. The van der Waals surface area contributed by atoms with E-state index in [0.29, 0.717) is 12.1 Å². The molecule has 0 fully saturated rings. The molecule has 5 heteroatoms. The molecule has 0 aliphatic carbocycles. The van der Waals surface area contributed by atoms with E-state index in [9.17, 15) is 4.79 Å². The van der Waals surface area contributed by atoms with Crippen LogP contribution in [0.5, 0.6) is 0 Å². The summed E-state index contributed by atoms with van der Waals surface area (Å²) >= 11 is 1.69. The Morgan fingerprint density at radius 2 is 2.05 bits per heavy atom. The first-order valence-corrected chi connectivity index (χ1v) is 7.43. The van der Waals surface area contributed by atoms with E-state index in [1.54, 1.807) is 23.5 Å². The molecule has 3 N–H and O–H groups in total. The van der Waals surface area contributed by atoms with Crippen molar-refractivity contribution in [2.24, 2.45) is 0 Å². The number of hydrogen-bond donors (Lipinski definition) is 2. The largest absolute Gasteiger partial charge is 0.399 e. The molecule has 2 rings (SSSR count). The van der Waals surface area contributed by atoms with Gasteiger partial charge in [-0.1, -0.05) is 0 Å². The fourth-order valence-corrected chi connectivity index (χ4v) is 2.52. The molecule has 0 atom stereocenters. The molecule has 0 spiro atoms. The maximum Gasteiger partial charge on any atom is 0.225 e. The molecule has 0 bridgehead atoms. The molecule has 1 amide bonds. The number of thiophene rings is 1. The van der Waals surface area contributed by atoms with Gasteiger partial charge in [-0.3, -0.25) is 4.79 Å². The molecule has 106 valence electrons. The minimum absolute atomic E-state index is 0.0203. The fraction of sp³-hybridized carbons (Fsp3) is 0.267.